The first-order valence-electron chi connectivity index (χ1n) is 8.83. The van der Waals surface area contributed by atoms with E-state index in [2.05, 4.69) is 11.8 Å². The number of carbonyl (C=O) groups is 1. The maximum absolute atomic E-state index is 12.9. The van der Waals surface area contributed by atoms with Crippen molar-refractivity contribution in [2.45, 2.75) is 25.2 Å². The lowest BCUT2D eigenvalue weighted by atomic mass is 9.64. The van der Waals surface area contributed by atoms with E-state index in [4.69, 9.17) is 5.73 Å². The number of rotatable bonds is 6. The van der Waals surface area contributed by atoms with Crippen molar-refractivity contribution in [3.05, 3.63) is 71.8 Å². The van der Waals surface area contributed by atoms with Gasteiger partial charge in [0.25, 0.3) is 0 Å². The summed E-state index contributed by atoms with van der Waals surface area (Å²) in [6, 6.07) is 20.1. The Balaban J connectivity index is 2.12. The summed E-state index contributed by atoms with van der Waals surface area (Å²) in [7, 11) is 0. The normalized spacial score (nSPS) is 18.6. The van der Waals surface area contributed by atoms with Crippen molar-refractivity contribution in [1.82, 2.24) is 4.90 Å². The van der Waals surface area contributed by atoms with E-state index in [9.17, 15) is 4.79 Å². The molecule has 1 amide bonds. The lowest BCUT2D eigenvalue weighted by molar-refractivity contribution is -0.123. The Kier molecular flexibility index (Phi) is 5.00. The molecule has 1 saturated heterocycles. The molecule has 0 aromatic heterocycles. The third kappa shape index (κ3) is 2.84. The van der Waals surface area contributed by atoms with Gasteiger partial charge in [0.15, 0.2) is 0 Å². The molecular weight excluding hydrogens is 296 g/mol. The van der Waals surface area contributed by atoms with Crippen molar-refractivity contribution in [2.24, 2.45) is 11.7 Å². The number of hydrogen-bond acceptors (Lipinski definition) is 2. The van der Waals surface area contributed by atoms with Crippen molar-refractivity contribution < 1.29 is 4.79 Å². The molecule has 0 saturated carbocycles. The molecule has 1 aliphatic rings. The van der Waals surface area contributed by atoms with E-state index < -0.39 is 5.41 Å². The standard InChI is InChI=1S/C21H26N2O/c1-2-14-23-15-13-19(16-23)21(20(22)24,17-9-5-3-6-10-17)18-11-7-4-8-12-18/h3-12,19H,2,13-16H2,1H3,(H2,22,24). The fraction of sp³-hybridized carbons (Fsp3) is 0.381. The predicted molar refractivity (Wildman–Crippen MR) is 97.7 cm³/mol. The second-order valence-electron chi connectivity index (χ2n) is 6.69. The zero-order valence-electron chi connectivity index (χ0n) is 14.3. The Morgan fingerprint density at radius 3 is 2.08 bits per heavy atom. The highest BCUT2D eigenvalue weighted by atomic mass is 16.1. The Morgan fingerprint density at radius 1 is 1.08 bits per heavy atom. The first kappa shape index (κ1) is 16.7. The largest absolute Gasteiger partial charge is 0.369 e. The molecule has 1 unspecified atom stereocenters. The van der Waals surface area contributed by atoms with Gasteiger partial charge in [-0.3, -0.25) is 4.79 Å². The van der Waals surface area contributed by atoms with Crippen LogP contribution in [0.5, 0.6) is 0 Å². The minimum atomic E-state index is -0.759. The molecule has 24 heavy (non-hydrogen) atoms. The van der Waals surface area contributed by atoms with Crippen LogP contribution in [0.2, 0.25) is 0 Å². The summed E-state index contributed by atoms with van der Waals surface area (Å²) < 4.78 is 0. The van der Waals surface area contributed by atoms with Crippen LogP contribution in [-0.4, -0.2) is 30.4 Å². The summed E-state index contributed by atoms with van der Waals surface area (Å²) in [5.74, 6) is -0.0467. The van der Waals surface area contributed by atoms with E-state index in [-0.39, 0.29) is 11.8 Å². The number of likely N-dealkylation sites (tertiary alicyclic amines) is 1. The van der Waals surface area contributed by atoms with E-state index >= 15 is 0 Å². The molecule has 1 atom stereocenters. The van der Waals surface area contributed by atoms with E-state index in [1.807, 2.05) is 60.7 Å². The molecule has 126 valence electrons. The number of nitrogens with zero attached hydrogens (tertiary/aromatic N) is 1. The van der Waals surface area contributed by atoms with Crippen molar-refractivity contribution in [2.75, 3.05) is 19.6 Å². The smallest absolute Gasteiger partial charge is 0.232 e. The number of nitrogens with two attached hydrogens (primary N) is 1. The lowest BCUT2D eigenvalue weighted by Crippen LogP contribution is -2.49. The third-order valence-corrected chi connectivity index (χ3v) is 5.27. The molecular formula is C21H26N2O. The van der Waals surface area contributed by atoms with Gasteiger partial charge in [-0.25, -0.2) is 0 Å². The average Bonchev–Trinajstić information content (AvgIpc) is 3.06. The molecule has 1 aliphatic heterocycles. The molecule has 0 bridgehead atoms. The van der Waals surface area contributed by atoms with E-state index in [0.29, 0.717) is 0 Å². The minimum Gasteiger partial charge on any atom is -0.369 e. The summed E-state index contributed by atoms with van der Waals surface area (Å²) in [6.07, 6.45) is 2.12. The number of benzene rings is 2. The van der Waals surface area contributed by atoms with Gasteiger partial charge in [-0.05, 0) is 43.0 Å². The monoisotopic (exact) mass is 322 g/mol. The molecule has 2 aromatic carbocycles. The van der Waals surface area contributed by atoms with Gasteiger partial charge in [0.1, 0.15) is 5.41 Å². The molecule has 0 aliphatic carbocycles. The molecule has 1 fully saturated rings. The second kappa shape index (κ2) is 7.18. The van der Waals surface area contributed by atoms with Crippen LogP contribution in [0.3, 0.4) is 0 Å². The average molecular weight is 322 g/mol. The lowest BCUT2D eigenvalue weighted by Gasteiger charge is -2.37. The van der Waals surface area contributed by atoms with Crippen molar-refractivity contribution in [3.63, 3.8) is 0 Å². The maximum Gasteiger partial charge on any atom is 0.232 e. The van der Waals surface area contributed by atoms with Crippen LogP contribution in [0.4, 0.5) is 0 Å². The summed E-state index contributed by atoms with van der Waals surface area (Å²) >= 11 is 0. The Labute approximate surface area is 144 Å². The van der Waals surface area contributed by atoms with Gasteiger partial charge in [-0.2, -0.15) is 0 Å². The molecule has 2 aromatic rings. The van der Waals surface area contributed by atoms with Crippen LogP contribution in [-0.2, 0) is 10.2 Å². The van der Waals surface area contributed by atoms with E-state index in [1.165, 1.54) is 0 Å². The second-order valence-corrected chi connectivity index (χ2v) is 6.69. The fourth-order valence-electron chi connectivity index (χ4n) is 4.23. The fourth-order valence-corrected chi connectivity index (χ4v) is 4.23. The highest BCUT2D eigenvalue weighted by molar-refractivity contribution is 5.91. The molecule has 2 N–H and O–H groups in total. The van der Waals surface area contributed by atoms with Gasteiger partial charge < -0.3 is 10.6 Å². The first-order chi connectivity index (χ1) is 11.7. The third-order valence-electron chi connectivity index (χ3n) is 5.27. The van der Waals surface area contributed by atoms with Crippen LogP contribution < -0.4 is 5.73 Å². The number of amides is 1. The Morgan fingerprint density at radius 2 is 1.62 bits per heavy atom. The summed E-state index contributed by atoms with van der Waals surface area (Å²) in [4.78, 5) is 15.3. The van der Waals surface area contributed by atoms with Crippen LogP contribution >= 0.6 is 0 Å². The van der Waals surface area contributed by atoms with Gasteiger partial charge >= 0.3 is 0 Å². The topological polar surface area (TPSA) is 46.3 Å². The zero-order chi connectivity index (χ0) is 17.0. The van der Waals surface area contributed by atoms with Crippen LogP contribution in [0, 0.1) is 5.92 Å². The number of primary amides is 1. The quantitative estimate of drug-likeness (QED) is 0.888. The van der Waals surface area contributed by atoms with Gasteiger partial charge in [0, 0.05) is 6.54 Å². The minimum absolute atomic E-state index is 0.200. The van der Waals surface area contributed by atoms with Crippen molar-refractivity contribution in [1.29, 1.82) is 0 Å². The molecule has 0 spiro atoms. The molecule has 1 heterocycles. The predicted octanol–water partition coefficient (Wildman–Crippen LogP) is 3.19. The molecule has 0 radical (unpaired) electrons. The van der Waals surface area contributed by atoms with Crippen LogP contribution in [0.25, 0.3) is 0 Å². The molecule has 3 heteroatoms. The summed E-state index contributed by atoms with van der Waals surface area (Å²) in [5, 5.41) is 0. The Bertz CT molecular complexity index is 629. The van der Waals surface area contributed by atoms with E-state index in [0.717, 1.165) is 43.6 Å². The van der Waals surface area contributed by atoms with Crippen molar-refractivity contribution >= 4 is 5.91 Å². The number of hydrogen-bond donors (Lipinski definition) is 1. The van der Waals surface area contributed by atoms with E-state index in [1.54, 1.807) is 0 Å². The van der Waals surface area contributed by atoms with Crippen molar-refractivity contribution in [3.8, 4) is 0 Å². The maximum atomic E-state index is 12.9. The highest BCUT2D eigenvalue weighted by Gasteiger charge is 2.49. The van der Waals surface area contributed by atoms with Crippen LogP contribution in [0.15, 0.2) is 60.7 Å². The first-order valence-corrected chi connectivity index (χ1v) is 8.83. The van der Waals surface area contributed by atoms with Gasteiger partial charge in [0.05, 0.1) is 0 Å². The Hall–Kier alpha value is -2.13. The van der Waals surface area contributed by atoms with Gasteiger partial charge in [0.2, 0.25) is 5.91 Å². The zero-order valence-corrected chi connectivity index (χ0v) is 14.3. The van der Waals surface area contributed by atoms with Gasteiger partial charge in [-0.1, -0.05) is 67.6 Å². The van der Waals surface area contributed by atoms with Gasteiger partial charge in [-0.15, -0.1) is 0 Å². The number of carbonyl (C=O) groups excluding carboxylic acids is 1. The molecule has 3 nitrogen and oxygen atoms in total. The molecule has 3 rings (SSSR count). The SMILES string of the molecule is CCCN1CCC(C(C(N)=O)(c2ccccc2)c2ccccc2)C1. The highest BCUT2D eigenvalue weighted by Crippen LogP contribution is 2.43. The summed E-state index contributed by atoms with van der Waals surface area (Å²) in [5.41, 5.74) is 7.33. The summed E-state index contributed by atoms with van der Waals surface area (Å²) in [6.45, 7) is 5.23. The van der Waals surface area contributed by atoms with Crippen LogP contribution in [0.1, 0.15) is 30.9 Å².